The van der Waals surface area contributed by atoms with Crippen LogP contribution in [0.25, 0.3) is 33.4 Å². The highest BCUT2D eigenvalue weighted by Crippen LogP contribution is 2.38. The molecule has 2 unspecified atom stereocenters. The Bertz CT molecular complexity index is 1400. The number of aromatic nitrogens is 4. The van der Waals surface area contributed by atoms with Crippen LogP contribution in [-0.4, -0.2) is 52.2 Å². The predicted octanol–water partition coefficient (Wildman–Crippen LogP) is 5.36. The summed E-state index contributed by atoms with van der Waals surface area (Å²) in [5.74, 6) is -1.10. The average Bonchev–Trinajstić information content (AvgIpc) is 3.40. The van der Waals surface area contributed by atoms with Crippen LogP contribution in [0.4, 0.5) is 14.6 Å². The van der Waals surface area contributed by atoms with E-state index in [4.69, 9.17) is 19.4 Å². The van der Waals surface area contributed by atoms with Crippen LogP contribution in [-0.2, 0) is 9.47 Å². The molecule has 0 saturated carbocycles. The molecule has 0 amide bonds. The third-order valence-electron chi connectivity index (χ3n) is 6.96. The Morgan fingerprint density at radius 3 is 2.78 bits per heavy atom. The second-order valence-corrected chi connectivity index (χ2v) is 9.28. The molecule has 0 N–H and O–H groups in total. The Labute approximate surface area is 207 Å². The maximum absolute atomic E-state index is 15.1. The van der Waals surface area contributed by atoms with Gasteiger partial charge >= 0.3 is 0 Å². The topological polar surface area (TPSA) is 65.3 Å². The fraction of sp³-hybridized carbons (Fsp3) is 0.370. The molecule has 2 aliphatic heterocycles. The highest BCUT2D eigenvalue weighted by Gasteiger charge is 2.26. The second-order valence-electron chi connectivity index (χ2n) is 9.28. The molecule has 0 aliphatic carbocycles. The first-order valence-electron chi connectivity index (χ1n) is 12.4. The monoisotopic (exact) mass is 491 g/mol. The molecule has 36 heavy (non-hydrogen) atoms. The quantitative estimate of drug-likeness (QED) is 0.383. The smallest absolute Gasteiger partial charge is 0.166 e. The van der Waals surface area contributed by atoms with Crippen LogP contribution in [0.15, 0.2) is 48.8 Å². The largest absolute Gasteiger partial charge is 0.377 e. The zero-order valence-corrected chi connectivity index (χ0v) is 20.0. The van der Waals surface area contributed by atoms with Gasteiger partial charge in [0, 0.05) is 36.5 Å². The number of hydrogen-bond donors (Lipinski definition) is 0. The molecule has 9 heteroatoms. The third-order valence-corrected chi connectivity index (χ3v) is 6.96. The normalized spacial score (nSPS) is 20.7. The van der Waals surface area contributed by atoms with E-state index in [1.807, 2.05) is 16.8 Å². The molecule has 0 radical (unpaired) electrons. The average molecular weight is 492 g/mol. The number of halogens is 2. The van der Waals surface area contributed by atoms with Crippen molar-refractivity contribution in [3.8, 4) is 22.5 Å². The molecule has 2 atom stereocenters. The number of nitrogens with zero attached hydrogens (tertiary/aromatic N) is 5. The number of fused-ring (bicyclic) bond motifs is 1. The van der Waals surface area contributed by atoms with Crippen molar-refractivity contribution in [1.29, 1.82) is 0 Å². The van der Waals surface area contributed by atoms with Crippen LogP contribution in [0.5, 0.6) is 0 Å². The van der Waals surface area contributed by atoms with Gasteiger partial charge in [0.05, 0.1) is 24.9 Å². The van der Waals surface area contributed by atoms with Gasteiger partial charge in [-0.1, -0.05) is 12.1 Å². The van der Waals surface area contributed by atoms with E-state index >= 15 is 4.39 Å². The van der Waals surface area contributed by atoms with Crippen LogP contribution < -0.4 is 4.90 Å². The van der Waals surface area contributed by atoms with Crippen molar-refractivity contribution in [1.82, 2.24) is 19.7 Å². The molecule has 7 nitrogen and oxygen atoms in total. The first-order chi connectivity index (χ1) is 17.6. The van der Waals surface area contributed by atoms with E-state index in [1.54, 1.807) is 24.5 Å². The number of benzene rings is 1. The molecule has 0 bridgehead atoms. The minimum Gasteiger partial charge on any atom is -0.377 e. The van der Waals surface area contributed by atoms with Crippen molar-refractivity contribution in [3.63, 3.8) is 0 Å². The van der Waals surface area contributed by atoms with E-state index in [-0.39, 0.29) is 17.8 Å². The summed E-state index contributed by atoms with van der Waals surface area (Å²) < 4.78 is 42.8. The predicted molar refractivity (Wildman–Crippen MR) is 133 cm³/mol. The minimum absolute atomic E-state index is 0.0789. The number of anilines is 1. The summed E-state index contributed by atoms with van der Waals surface area (Å²) in [5.41, 5.74) is 2.75. The van der Waals surface area contributed by atoms with Gasteiger partial charge in [0.2, 0.25) is 0 Å². The molecule has 5 heterocycles. The van der Waals surface area contributed by atoms with E-state index in [0.29, 0.717) is 54.3 Å². The van der Waals surface area contributed by atoms with Gasteiger partial charge in [-0.2, -0.15) is 5.10 Å². The maximum atomic E-state index is 15.1. The fourth-order valence-corrected chi connectivity index (χ4v) is 5.12. The summed E-state index contributed by atoms with van der Waals surface area (Å²) in [4.78, 5) is 11.9. The van der Waals surface area contributed by atoms with Crippen LogP contribution >= 0.6 is 0 Å². The summed E-state index contributed by atoms with van der Waals surface area (Å²) in [5, 5.41) is 5.23. The van der Waals surface area contributed by atoms with Gasteiger partial charge in [0.1, 0.15) is 17.0 Å². The number of rotatable bonds is 4. The lowest BCUT2D eigenvalue weighted by atomic mass is 9.99. The molecule has 4 aromatic rings. The first-order valence-corrected chi connectivity index (χ1v) is 12.4. The van der Waals surface area contributed by atoms with Crippen molar-refractivity contribution in [3.05, 3.63) is 60.4 Å². The van der Waals surface area contributed by atoms with E-state index in [1.165, 1.54) is 6.07 Å². The van der Waals surface area contributed by atoms with Crippen LogP contribution in [0.3, 0.4) is 0 Å². The standard InChI is InChI=1S/C27H27F2N5O2/c1-17-16-35-14-12-33(17)23-15-20(18-5-4-6-21(28)25(18)29)19-8-10-30-27(26(19)32-23)22-9-11-31-34(22)24-7-2-3-13-36-24/h4-6,8-11,15,17,24H,2-3,7,12-14,16H2,1H3. The Morgan fingerprint density at radius 1 is 1.03 bits per heavy atom. The van der Waals surface area contributed by atoms with E-state index in [0.717, 1.165) is 31.0 Å². The van der Waals surface area contributed by atoms with Gasteiger partial charge in [0.15, 0.2) is 17.9 Å². The molecule has 186 valence electrons. The Kier molecular flexibility index (Phi) is 6.10. The van der Waals surface area contributed by atoms with Gasteiger partial charge in [-0.3, -0.25) is 4.98 Å². The molecule has 2 fully saturated rings. The molecule has 2 saturated heterocycles. The molecule has 0 spiro atoms. The Balaban J connectivity index is 1.59. The highest BCUT2D eigenvalue weighted by molar-refractivity contribution is 6.01. The number of pyridine rings is 2. The lowest BCUT2D eigenvalue weighted by Gasteiger charge is -2.34. The number of ether oxygens (including phenoxy) is 2. The molecule has 6 rings (SSSR count). The lowest BCUT2D eigenvalue weighted by Crippen LogP contribution is -2.44. The summed E-state index contributed by atoms with van der Waals surface area (Å²) >= 11 is 0. The minimum atomic E-state index is -0.888. The van der Waals surface area contributed by atoms with Gasteiger partial charge in [-0.05, 0) is 56.0 Å². The van der Waals surface area contributed by atoms with E-state index in [2.05, 4.69) is 16.9 Å². The first kappa shape index (κ1) is 23.0. The lowest BCUT2D eigenvalue weighted by molar-refractivity contribution is -0.0383. The SMILES string of the molecule is CC1COCCN1c1cc(-c2cccc(F)c2F)c2ccnc(-c3ccnn3C3CCCCO3)c2n1. The van der Waals surface area contributed by atoms with Crippen molar-refractivity contribution in [2.24, 2.45) is 0 Å². The molecule has 1 aromatic carbocycles. The van der Waals surface area contributed by atoms with Crippen LogP contribution in [0.2, 0.25) is 0 Å². The molecule has 2 aliphatic rings. The maximum Gasteiger partial charge on any atom is 0.166 e. The van der Waals surface area contributed by atoms with Gasteiger partial charge in [-0.25, -0.2) is 18.4 Å². The van der Waals surface area contributed by atoms with Crippen molar-refractivity contribution in [2.75, 3.05) is 31.3 Å². The molecule has 3 aromatic heterocycles. The fourth-order valence-electron chi connectivity index (χ4n) is 5.12. The number of hydrogen-bond acceptors (Lipinski definition) is 6. The van der Waals surface area contributed by atoms with Crippen molar-refractivity contribution >= 4 is 16.7 Å². The van der Waals surface area contributed by atoms with Crippen LogP contribution in [0, 0.1) is 11.6 Å². The number of morpholine rings is 1. The third kappa shape index (κ3) is 4.02. The zero-order valence-electron chi connectivity index (χ0n) is 20.0. The summed E-state index contributed by atoms with van der Waals surface area (Å²) in [6.07, 6.45) is 6.19. The Hall–Kier alpha value is -3.43. The van der Waals surface area contributed by atoms with Gasteiger partial charge in [-0.15, -0.1) is 0 Å². The van der Waals surface area contributed by atoms with E-state index in [9.17, 15) is 4.39 Å². The molecular formula is C27H27F2N5O2. The summed E-state index contributed by atoms with van der Waals surface area (Å²) in [6, 6.07) is 9.87. The molecular weight excluding hydrogens is 464 g/mol. The van der Waals surface area contributed by atoms with Crippen molar-refractivity contribution in [2.45, 2.75) is 38.5 Å². The van der Waals surface area contributed by atoms with Crippen molar-refractivity contribution < 1.29 is 18.3 Å². The Morgan fingerprint density at radius 2 is 1.94 bits per heavy atom. The van der Waals surface area contributed by atoms with Gasteiger partial charge in [0.25, 0.3) is 0 Å². The van der Waals surface area contributed by atoms with Crippen LogP contribution in [0.1, 0.15) is 32.4 Å². The second kappa shape index (κ2) is 9.55. The summed E-state index contributed by atoms with van der Waals surface area (Å²) in [6.45, 7) is 4.53. The highest BCUT2D eigenvalue weighted by atomic mass is 19.2. The van der Waals surface area contributed by atoms with Gasteiger partial charge < -0.3 is 14.4 Å². The van der Waals surface area contributed by atoms with E-state index < -0.39 is 11.6 Å². The summed E-state index contributed by atoms with van der Waals surface area (Å²) in [7, 11) is 0. The zero-order chi connectivity index (χ0) is 24.6.